The van der Waals surface area contributed by atoms with Crippen molar-refractivity contribution in [3.8, 4) is 358 Å². The summed E-state index contributed by atoms with van der Waals surface area (Å²) in [7, 11) is 0. The van der Waals surface area contributed by atoms with Crippen molar-refractivity contribution in [3.63, 3.8) is 0 Å². The molecule has 0 bridgehead atoms. The van der Waals surface area contributed by atoms with Gasteiger partial charge in [0.25, 0.3) is 0 Å². The molecule has 0 aromatic heterocycles. The molecule has 66 heavy (non-hydrogen) atoms. The van der Waals surface area contributed by atoms with Gasteiger partial charge in [0.1, 0.15) is 0 Å². The van der Waals surface area contributed by atoms with Crippen LogP contribution in [0.25, 0.3) is 0 Å². The first kappa shape index (κ1) is 64.7. The highest BCUT2D eigenvalue weighted by atomic mass is 13.6. The van der Waals surface area contributed by atoms with Crippen molar-refractivity contribution in [3.05, 3.63) is 0 Å². The van der Waals surface area contributed by atoms with Crippen molar-refractivity contribution in [2.45, 2.75) is 41.5 Å². The van der Waals surface area contributed by atoms with E-state index in [9.17, 15) is 0 Å². The van der Waals surface area contributed by atoms with Crippen LogP contribution in [0.4, 0.5) is 0 Å². The molecule has 0 nitrogen and oxygen atoms in total. The Hall–Kier alpha value is -13.2. The summed E-state index contributed by atoms with van der Waals surface area (Å²) in [5, 5.41) is 0. The standard InChI is InChI=1S/C16H6.C14H2.C12H6.C10H2.C8H6.C6H2/c1-3-5-7-9-11-13-15-16-14-12-10-8-6-4-2;1-3-5-7-9-11-13-14-12-10-8-6-4-2;1-3-5-7-9-11-12-10-8-6-4-2;1-3-5-7-9-10-8-6-4-2;1-3-5-7-8-6-4-2;1-3-5-6-4-2/h1-2H3;1-2H;1-2H3;1-2H;1-2H3;1-2H. The maximum absolute atomic E-state index is 4.86. The molecule has 288 valence electrons. The second-order valence-electron chi connectivity index (χ2n) is 7.62. The number of hydrogen-bond acceptors (Lipinski definition) is 0. The normalized spacial score (nSPS) is 3.64. The SMILES string of the molecule is C#CC#CC#C.C#CC#CC#CC#CC#C.C#CC#CC#CC#CC#CC#CC#C.CC#CC#CC#CC.CC#CC#CC#CC#CC#CC.CC#CC#CC#CC#CC#CC#CC#CC. The molecule has 0 aliphatic heterocycles. The molecule has 0 atom stereocenters. The Balaban J connectivity index is -0.000000168. The Morgan fingerprint density at radius 1 is 0.121 bits per heavy atom. The van der Waals surface area contributed by atoms with E-state index in [-0.39, 0.29) is 0 Å². The summed E-state index contributed by atoms with van der Waals surface area (Å²) in [4.78, 5) is 0. The lowest BCUT2D eigenvalue weighted by molar-refractivity contribution is 1.92. The van der Waals surface area contributed by atoms with Crippen LogP contribution in [0.2, 0.25) is 0 Å². The third-order valence-corrected chi connectivity index (χ3v) is 3.43. The molecule has 0 saturated carbocycles. The highest BCUT2D eigenvalue weighted by molar-refractivity contribution is 5.47. The van der Waals surface area contributed by atoms with E-state index in [0.717, 1.165) is 0 Å². The summed E-state index contributed by atoms with van der Waals surface area (Å²) in [6.07, 6.45) is 28.7. The van der Waals surface area contributed by atoms with Crippen LogP contribution in [0.1, 0.15) is 41.5 Å². The van der Waals surface area contributed by atoms with E-state index in [2.05, 4.69) is 320 Å². The summed E-state index contributed by atoms with van der Waals surface area (Å²) >= 11 is 0. The zero-order chi connectivity index (χ0) is 50.2. The molecule has 0 saturated heterocycles. The molecule has 0 aromatic carbocycles. The summed E-state index contributed by atoms with van der Waals surface area (Å²) in [6.45, 7) is 10.3. The highest BCUT2D eigenvalue weighted by Gasteiger charge is 1.59. The predicted octanol–water partition coefficient (Wildman–Crippen LogP) is 3.92. The van der Waals surface area contributed by atoms with Crippen molar-refractivity contribution in [1.29, 1.82) is 0 Å². The lowest BCUT2D eigenvalue weighted by Gasteiger charge is -1.56. The fourth-order valence-corrected chi connectivity index (χ4v) is 1.53. The van der Waals surface area contributed by atoms with E-state index in [1.165, 1.54) is 0 Å². The van der Waals surface area contributed by atoms with Crippen molar-refractivity contribution >= 4 is 0 Å². The summed E-state index contributed by atoms with van der Waals surface area (Å²) < 4.78 is 0. The van der Waals surface area contributed by atoms with Gasteiger partial charge in [0.2, 0.25) is 0 Å². The first-order chi connectivity index (χ1) is 32.5. The van der Waals surface area contributed by atoms with Crippen molar-refractivity contribution in [2.24, 2.45) is 0 Å². The second-order valence-corrected chi connectivity index (χ2v) is 7.62. The van der Waals surface area contributed by atoms with Gasteiger partial charge < -0.3 is 0 Å². The maximum Gasteiger partial charge on any atom is -0.0000000000143 e. The Morgan fingerprint density at radius 3 is 0.288 bits per heavy atom. The molecule has 0 fully saturated rings. The van der Waals surface area contributed by atoms with Gasteiger partial charge in [-0.2, -0.15) is 0 Å². The smallest absolute Gasteiger partial charge is 0.0000000000143 e. The van der Waals surface area contributed by atoms with Gasteiger partial charge >= 0.3 is 0 Å². The average molecular weight is 817 g/mol. The molecule has 0 aromatic rings. The van der Waals surface area contributed by atoms with Crippen LogP contribution >= 0.6 is 0 Å². The molecular formula is C66H24. The summed E-state index contributed by atoms with van der Waals surface area (Å²) in [6, 6.07) is 0. The zero-order valence-electron chi connectivity index (χ0n) is 36.5. The Bertz CT molecular complexity index is 3390. The predicted molar refractivity (Wildman–Crippen MR) is 274 cm³/mol. The molecule has 0 unspecified atom stereocenters. The van der Waals surface area contributed by atoms with Crippen LogP contribution in [-0.2, 0) is 0 Å². The molecule has 0 aliphatic carbocycles. The number of rotatable bonds is 0. The first-order valence-corrected chi connectivity index (χ1v) is 16.7. The van der Waals surface area contributed by atoms with Crippen LogP contribution in [0.3, 0.4) is 0 Å². The van der Waals surface area contributed by atoms with Gasteiger partial charge in [-0.15, -0.1) is 38.5 Å². The van der Waals surface area contributed by atoms with E-state index < -0.39 is 0 Å². The Kier molecular flexibility index (Phi) is 78.7. The number of hydrogen-bond donors (Lipinski definition) is 0. The fourth-order valence-electron chi connectivity index (χ4n) is 1.53. The monoisotopic (exact) mass is 816 g/mol. The van der Waals surface area contributed by atoms with Gasteiger partial charge in [-0.05, 0) is 326 Å². The van der Waals surface area contributed by atoms with Gasteiger partial charge in [0.15, 0.2) is 0 Å². The van der Waals surface area contributed by atoms with E-state index >= 15 is 0 Å². The van der Waals surface area contributed by atoms with Crippen molar-refractivity contribution < 1.29 is 0 Å². The molecule has 0 spiro atoms. The molecule has 0 rings (SSSR count). The number of terminal acetylenes is 6. The third-order valence-electron chi connectivity index (χ3n) is 3.43. The lowest BCUT2D eigenvalue weighted by atomic mass is 10.5. The zero-order valence-corrected chi connectivity index (χ0v) is 36.5. The van der Waals surface area contributed by atoms with Crippen LogP contribution in [0.15, 0.2) is 0 Å². The minimum atomic E-state index is 1.71. The van der Waals surface area contributed by atoms with Crippen LogP contribution < -0.4 is 0 Å². The van der Waals surface area contributed by atoms with Gasteiger partial charge in [-0.25, -0.2) is 0 Å². The van der Waals surface area contributed by atoms with Crippen LogP contribution in [0, 0.1) is 358 Å². The van der Waals surface area contributed by atoms with E-state index in [1.54, 1.807) is 41.5 Å². The molecule has 0 amide bonds. The molecular weight excluding hydrogens is 793 g/mol. The Morgan fingerprint density at radius 2 is 0.197 bits per heavy atom. The minimum Gasteiger partial charge on any atom is -0.106 e. The van der Waals surface area contributed by atoms with E-state index in [4.69, 9.17) is 38.5 Å². The summed E-state index contributed by atoms with van der Waals surface area (Å²) in [5.41, 5.74) is 0. The fraction of sp³-hybridized carbons (Fsp3) is 0.0909. The third kappa shape index (κ3) is 104. The topological polar surface area (TPSA) is 0 Å². The van der Waals surface area contributed by atoms with Crippen LogP contribution in [0.5, 0.6) is 0 Å². The minimum absolute atomic E-state index is 1.71. The molecule has 0 heteroatoms. The largest absolute Gasteiger partial charge is 0.106 e. The van der Waals surface area contributed by atoms with Crippen LogP contribution in [-0.4, -0.2) is 0 Å². The van der Waals surface area contributed by atoms with Gasteiger partial charge in [0.05, 0.1) is 0 Å². The first-order valence-electron chi connectivity index (χ1n) is 16.7. The maximum atomic E-state index is 4.86. The van der Waals surface area contributed by atoms with Crippen molar-refractivity contribution in [2.75, 3.05) is 0 Å². The van der Waals surface area contributed by atoms with E-state index in [0.29, 0.717) is 0 Å². The molecule has 0 N–H and O–H groups in total. The van der Waals surface area contributed by atoms with Crippen molar-refractivity contribution in [1.82, 2.24) is 0 Å². The average Bonchev–Trinajstić information content (AvgIpc) is 3.34. The molecule has 0 radical (unpaired) electrons. The lowest BCUT2D eigenvalue weighted by Crippen LogP contribution is -1.55. The van der Waals surface area contributed by atoms with E-state index in [1.807, 2.05) is 0 Å². The molecule has 0 heterocycles. The second kappa shape index (κ2) is 80.3. The van der Waals surface area contributed by atoms with Gasteiger partial charge in [0, 0.05) is 0 Å². The highest BCUT2D eigenvalue weighted by Crippen LogP contribution is 1.60. The summed E-state index contributed by atoms with van der Waals surface area (Å²) in [5.74, 6) is 132. The van der Waals surface area contributed by atoms with Gasteiger partial charge in [-0.3, -0.25) is 0 Å². The van der Waals surface area contributed by atoms with Gasteiger partial charge in [-0.1, -0.05) is 35.5 Å². The Labute approximate surface area is 397 Å². The quantitative estimate of drug-likeness (QED) is 0.326. The molecule has 0 aliphatic rings.